The minimum atomic E-state index is -3.49. The maximum absolute atomic E-state index is 12.3. The van der Waals surface area contributed by atoms with E-state index in [9.17, 15) is 8.42 Å². The summed E-state index contributed by atoms with van der Waals surface area (Å²) in [5, 5.41) is 0. The molecule has 5 nitrogen and oxygen atoms in total. The third kappa shape index (κ3) is 3.31. The SMILES string of the molecule is CN(C)S(=O)(=O)c1ccccc1OC1CCC(N)CC1. The van der Waals surface area contributed by atoms with Gasteiger partial charge in [-0.1, -0.05) is 12.1 Å². The highest BCUT2D eigenvalue weighted by Gasteiger charge is 2.25. The minimum Gasteiger partial charge on any atom is -0.489 e. The van der Waals surface area contributed by atoms with Gasteiger partial charge in [-0.05, 0) is 37.8 Å². The number of para-hydroxylation sites is 1. The summed E-state index contributed by atoms with van der Waals surface area (Å²) < 4.78 is 31.7. The zero-order valence-electron chi connectivity index (χ0n) is 12.0. The fourth-order valence-corrected chi connectivity index (χ4v) is 3.36. The zero-order chi connectivity index (χ0) is 14.8. The number of nitrogens with zero attached hydrogens (tertiary/aromatic N) is 1. The van der Waals surface area contributed by atoms with Crippen molar-refractivity contribution in [2.75, 3.05) is 14.1 Å². The lowest BCUT2D eigenvalue weighted by Gasteiger charge is -2.27. The highest BCUT2D eigenvalue weighted by molar-refractivity contribution is 7.89. The van der Waals surface area contributed by atoms with Gasteiger partial charge in [0.1, 0.15) is 10.6 Å². The van der Waals surface area contributed by atoms with Crippen molar-refractivity contribution in [3.8, 4) is 5.75 Å². The molecular weight excluding hydrogens is 276 g/mol. The van der Waals surface area contributed by atoms with Crippen LogP contribution in [0.5, 0.6) is 5.75 Å². The fraction of sp³-hybridized carbons (Fsp3) is 0.571. The van der Waals surface area contributed by atoms with Crippen LogP contribution in [0, 0.1) is 0 Å². The van der Waals surface area contributed by atoms with E-state index in [-0.39, 0.29) is 17.0 Å². The maximum atomic E-state index is 12.3. The molecule has 0 radical (unpaired) electrons. The quantitative estimate of drug-likeness (QED) is 0.916. The first-order valence-corrected chi connectivity index (χ1v) is 8.29. The van der Waals surface area contributed by atoms with Crippen LogP contribution in [0.1, 0.15) is 25.7 Å². The van der Waals surface area contributed by atoms with Crippen LogP contribution in [0.15, 0.2) is 29.2 Å². The van der Waals surface area contributed by atoms with Gasteiger partial charge in [-0.25, -0.2) is 12.7 Å². The van der Waals surface area contributed by atoms with Crippen LogP contribution in [0.4, 0.5) is 0 Å². The Morgan fingerprint density at radius 2 is 1.75 bits per heavy atom. The summed E-state index contributed by atoms with van der Waals surface area (Å²) in [5.74, 6) is 0.432. The molecule has 0 aromatic heterocycles. The summed E-state index contributed by atoms with van der Waals surface area (Å²) in [7, 11) is -0.446. The van der Waals surface area contributed by atoms with Crippen molar-refractivity contribution in [2.45, 2.75) is 42.7 Å². The number of rotatable bonds is 4. The number of nitrogens with two attached hydrogens (primary N) is 1. The van der Waals surface area contributed by atoms with Crippen LogP contribution in [-0.4, -0.2) is 39.0 Å². The molecule has 0 unspecified atom stereocenters. The summed E-state index contributed by atoms with van der Waals surface area (Å²) in [6.45, 7) is 0. The fourth-order valence-electron chi connectivity index (χ4n) is 2.34. The van der Waals surface area contributed by atoms with Crippen molar-refractivity contribution in [1.29, 1.82) is 0 Å². The number of sulfonamides is 1. The summed E-state index contributed by atoms with van der Waals surface area (Å²) in [4.78, 5) is 0.222. The van der Waals surface area contributed by atoms with Crippen molar-refractivity contribution >= 4 is 10.0 Å². The van der Waals surface area contributed by atoms with Gasteiger partial charge in [-0.2, -0.15) is 0 Å². The Morgan fingerprint density at radius 3 is 2.35 bits per heavy atom. The number of benzene rings is 1. The molecule has 20 heavy (non-hydrogen) atoms. The lowest BCUT2D eigenvalue weighted by molar-refractivity contribution is 0.143. The third-order valence-electron chi connectivity index (χ3n) is 3.62. The summed E-state index contributed by atoms with van der Waals surface area (Å²) in [6.07, 6.45) is 3.64. The minimum absolute atomic E-state index is 0.0494. The Balaban J connectivity index is 2.21. The second-order valence-electron chi connectivity index (χ2n) is 5.39. The van der Waals surface area contributed by atoms with Gasteiger partial charge in [0.15, 0.2) is 0 Å². The molecule has 0 heterocycles. The van der Waals surface area contributed by atoms with Crippen LogP contribution >= 0.6 is 0 Å². The van der Waals surface area contributed by atoms with Crippen molar-refractivity contribution < 1.29 is 13.2 Å². The van der Waals surface area contributed by atoms with Crippen molar-refractivity contribution in [2.24, 2.45) is 5.73 Å². The molecule has 0 bridgehead atoms. The van der Waals surface area contributed by atoms with Gasteiger partial charge < -0.3 is 10.5 Å². The van der Waals surface area contributed by atoms with Gasteiger partial charge in [-0.3, -0.25) is 0 Å². The molecule has 0 saturated heterocycles. The van der Waals surface area contributed by atoms with Gasteiger partial charge >= 0.3 is 0 Å². The lowest BCUT2D eigenvalue weighted by atomic mass is 9.94. The van der Waals surface area contributed by atoms with Crippen LogP contribution in [0.3, 0.4) is 0 Å². The van der Waals surface area contributed by atoms with E-state index >= 15 is 0 Å². The van der Waals surface area contributed by atoms with Gasteiger partial charge in [0.2, 0.25) is 10.0 Å². The van der Waals surface area contributed by atoms with Gasteiger partial charge in [0.25, 0.3) is 0 Å². The van der Waals surface area contributed by atoms with E-state index in [0.717, 1.165) is 25.7 Å². The van der Waals surface area contributed by atoms with Crippen molar-refractivity contribution in [3.05, 3.63) is 24.3 Å². The van der Waals surface area contributed by atoms with E-state index in [1.807, 2.05) is 0 Å². The predicted molar refractivity (Wildman–Crippen MR) is 78.2 cm³/mol. The molecule has 1 aromatic rings. The monoisotopic (exact) mass is 298 g/mol. The molecule has 2 rings (SSSR count). The standard InChI is InChI=1S/C14H22N2O3S/c1-16(2)20(17,18)14-6-4-3-5-13(14)19-12-9-7-11(15)8-10-12/h3-6,11-12H,7-10,15H2,1-2H3. The maximum Gasteiger partial charge on any atom is 0.246 e. The summed E-state index contributed by atoms with van der Waals surface area (Å²) in [5.41, 5.74) is 5.87. The highest BCUT2D eigenvalue weighted by atomic mass is 32.2. The predicted octanol–water partition coefficient (Wildman–Crippen LogP) is 1.59. The number of hydrogen-bond acceptors (Lipinski definition) is 4. The number of ether oxygens (including phenoxy) is 1. The number of hydrogen-bond donors (Lipinski definition) is 1. The molecule has 0 atom stereocenters. The zero-order valence-corrected chi connectivity index (χ0v) is 12.8. The molecule has 0 aliphatic heterocycles. The second kappa shape index (κ2) is 6.11. The van der Waals surface area contributed by atoms with Crippen LogP contribution in [0.2, 0.25) is 0 Å². The molecule has 0 amide bonds. The first kappa shape index (κ1) is 15.3. The first-order chi connectivity index (χ1) is 9.41. The summed E-state index contributed by atoms with van der Waals surface area (Å²) >= 11 is 0. The Kier molecular flexibility index (Phi) is 4.67. The Bertz CT molecular complexity index is 549. The molecule has 1 aliphatic rings. The van der Waals surface area contributed by atoms with E-state index < -0.39 is 10.0 Å². The van der Waals surface area contributed by atoms with Gasteiger partial charge in [0, 0.05) is 20.1 Å². The smallest absolute Gasteiger partial charge is 0.246 e. The van der Waals surface area contributed by atoms with E-state index in [0.29, 0.717) is 5.75 Å². The molecule has 1 saturated carbocycles. The Hall–Kier alpha value is -1.11. The summed E-state index contributed by atoms with van der Waals surface area (Å²) in [6, 6.07) is 7.04. The van der Waals surface area contributed by atoms with Crippen molar-refractivity contribution in [3.63, 3.8) is 0 Å². The van der Waals surface area contributed by atoms with E-state index in [1.165, 1.54) is 18.4 Å². The van der Waals surface area contributed by atoms with Gasteiger partial charge in [-0.15, -0.1) is 0 Å². The molecule has 112 valence electrons. The van der Waals surface area contributed by atoms with E-state index in [4.69, 9.17) is 10.5 Å². The topological polar surface area (TPSA) is 72.6 Å². The third-order valence-corrected chi connectivity index (χ3v) is 5.47. The van der Waals surface area contributed by atoms with Gasteiger partial charge in [0.05, 0.1) is 6.10 Å². The first-order valence-electron chi connectivity index (χ1n) is 6.85. The van der Waals surface area contributed by atoms with E-state index in [2.05, 4.69) is 0 Å². The largest absolute Gasteiger partial charge is 0.489 e. The molecule has 1 aliphatic carbocycles. The van der Waals surface area contributed by atoms with E-state index in [1.54, 1.807) is 24.3 Å². The average Bonchev–Trinajstić information content (AvgIpc) is 2.41. The molecule has 1 fully saturated rings. The second-order valence-corrected chi connectivity index (χ2v) is 7.51. The molecular formula is C14H22N2O3S. The Morgan fingerprint density at radius 1 is 1.15 bits per heavy atom. The van der Waals surface area contributed by atoms with Crippen LogP contribution in [0.25, 0.3) is 0 Å². The Labute approximate surface area is 120 Å². The van der Waals surface area contributed by atoms with Crippen LogP contribution in [-0.2, 0) is 10.0 Å². The lowest BCUT2D eigenvalue weighted by Crippen LogP contribution is -2.32. The molecule has 6 heteroatoms. The normalized spacial score (nSPS) is 23.8. The molecule has 2 N–H and O–H groups in total. The van der Waals surface area contributed by atoms with Crippen molar-refractivity contribution in [1.82, 2.24) is 4.31 Å². The van der Waals surface area contributed by atoms with Crippen LogP contribution < -0.4 is 10.5 Å². The average molecular weight is 298 g/mol. The molecule has 0 spiro atoms. The highest BCUT2D eigenvalue weighted by Crippen LogP contribution is 2.29. The molecule has 1 aromatic carbocycles.